The molecule has 0 saturated carbocycles. The van der Waals surface area contributed by atoms with E-state index in [-0.39, 0.29) is 0 Å². The highest BCUT2D eigenvalue weighted by Crippen LogP contribution is 2.10. The number of aryl methyl sites for hydroxylation is 1. The number of nitrogens with two attached hydrogens (primary N) is 4. The van der Waals surface area contributed by atoms with Crippen LogP contribution in [-0.4, -0.2) is 6.54 Å². The van der Waals surface area contributed by atoms with Crippen molar-refractivity contribution in [3.05, 3.63) is 54.1 Å². The molecule has 0 radical (unpaired) electrons. The van der Waals surface area contributed by atoms with Crippen LogP contribution in [0.4, 0.5) is 17.1 Å². The van der Waals surface area contributed by atoms with Crippen LogP contribution in [0, 0.1) is 0 Å². The van der Waals surface area contributed by atoms with Crippen LogP contribution in [0.1, 0.15) is 31.2 Å². The summed E-state index contributed by atoms with van der Waals surface area (Å²) < 4.78 is 0. The lowest BCUT2D eigenvalue weighted by Gasteiger charge is -2.01. The molecule has 120 valence electrons. The lowest BCUT2D eigenvalue weighted by atomic mass is 10.1. The molecule has 0 fully saturated rings. The van der Waals surface area contributed by atoms with E-state index in [1.165, 1.54) is 24.8 Å². The molecular formula is C18H28N4. The maximum Gasteiger partial charge on any atom is 0.0315 e. The van der Waals surface area contributed by atoms with Crippen molar-refractivity contribution < 1.29 is 0 Å². The van der Waals surface area contributed by atoms with Gasteiger partial charge in [0.2, 0.25) is 0 Å². The van der Waals surface area contributed by atoms with E-state index in [1.807, 2.05) is 12.1 Å². The number of benzene rings is 2. The number of rotatable bonds is 6. The van der Waals surface area contributed by atoms with Crippen molar-refractivity contribution in [1.82, 2.24) is 0 Å². The summed E-state index contributed by atoms with van der Waals surface area (Å²) in [4.78, 5) is 0. The summed E-state index contributed by atoms with van der Waals surface area (Å²) in [6.45, 7) is 0.821. The van der Waals surface area contributed by atoms with Crippen LogP contribution in [0.5, 0.6) is 0 Å². The fourth-order valence-corrected chi connectivity index (χ4v) is 2.01. The minimum absolute atomic E-state index is 0.749. The van der Waals surface area contributed by atoms with Gasteiger partial charge in [0.1, 0.15) is 0 Å². The van der Waals surface area contributed by atoms with Gasteiger partial charge in [0, 0.05) is 17.1 Å². The van der Waals surface area contributed by atoms with E-state index in [0.29, 0.717) is 0 Å². The molecule has 22 heavy (non-hydrogen) atoms. The highest BCUT2D eigenvalue weighted by atomic mass is 14.6. The predicted octanol–water partition coefficient (Wildman–Crippen LogP) is 3.18. The summed E-state index contributed by atoms with van der Waals surface area (Å²) in [5.74, 6) is 0. The molecule has 0 spiro atoms. The van der Waals surface area contributed by atoms with E-state index in [4.69, 9.17) is 22.9 Å². The first-order valence-electron chi connectivity index (χ1n) is 7.77. The first-order valence-corrected chi connectivity index (χ1v) is 7.77. The standard InChI is InChI=1S/C12H20N2.C6H8N2/c13-10-4-2-1-3-5-11-6-8-12(14)9-7-11;7-5-1-2-6(8)4-3-5/h6-9H,1-5,10,13-14H2;1-4H,7-8H2. The van der Waals surface area contributed by atoms with Crippen LogP contribution in [0.2, 0.25) is 0 Å². The SMILES string of the molecule is NCCCCCCc1ccc(N)cc1.Nc1ccc(N)cc1. The maximum atomic E-state index is 5.61. The van der Waals surface area contributed by atoms with E-state index in [2.05, 4.69) is 12.1 Å². The smallest absolute Gasteiger partial charge is 0.0315 e. The van der Waals surface area contributed by atoms with Gasteiger partial charge < -0.3 is 22.9 Å². The molecule has 0 atom stereocenters. The molecule has 0 aromatic heterocycles. The van der Waals surface area contributed by atoms with E-state index in [0.717, 1.165) is 36.4 Å². The van der Waals surface area contributed by atoms with Crippen molar-refractivity contribution in [2.24, 2.45) is 5.73 Å². The Hall–Kier alpha value is -2.20. The molecule has 0 bridgehead atoms. The second-order valence-corrected chi connectivity index (χ2v) is 5.36. The van der Waals surface area contributed by atoms with Crippen LogP contribution in [-0.2, 0) is 6.42 Å². The van der Waals surface area contributed by atoms with Crippen LogP contribution in [0.15, 0.2) is 48.5 Å². The fourth-order valence-electron chi connectivity index (χ4n) is 2.01. The van der Waals surface area contributed by atoms with E-state index in [9.17, 15) is 0 Å². The second kappa shape index (κ2) is 10.5. The van der Waals surface area contributed by atoms with Crippen molar-refractivity contribution in [1.29, 1.82) is 0 Å². The molecular weight excluding hydrogens is 272 g/mol. The Morgan fingerprint density at radius 1 is 0.545 bits per heavy atom. The largest absolute Gasteiger partial charge is 0.399 e. The van der Waals surface area contributed by atoms with Crippen LogP contribution < -0.4 is 22.9 Å². The molecule has 4 heteroatoms. The van der Waals surface area contributed by atoms with Crippen molar-refractivity contribution in [2.75, 3.05) is 23.7 Å². The quantitative estimate of drug-likeness (QED) is 0.486. The molecule has 8 N–H and O–H groups in total. The molecule has 0 aliphatic carbocycles. The van der Waals surface area contributed by atoms with Gasteiger partial charge in [-0.05, 0) is 67.8 Å². The average molecular weight is 300 g/mol. The Labute approximate surface area is 133 Å². The average Bonchev–Trinajstić information content (AvgIpc) is 2.52. The Bertz CT molecular complexity index is 485. The number of nitrogen functional groups attached to an aromatic ring is 3. The zero-order valence-corrected chi connectivity index (χ0v) is 13.2. The molecule has 2 aromatic carbocycles. The van der Waals surface area contributed by atoms with Gasteiger partial charge in [0.25, 0.3) is 0 Å². The van der Waals surface area contributed by atoms with Gasteiger partial charge in [0.05, 0.1) is 0 Å². The minimum atomic E-state index is 0.749. The normalized spacial score (nSPS) is 9.86. The van der Waals surface area contributed by atoms with Gasteiger partial charge in [-0.2, -0.15) is 0 Å². The minimum Gasteiger partial charge on any atom is -0.399 e. The molecule has 0 aliphatic heterocycles. The Kier molecular flexibility index (Phi) is 8.53. The Morgan fingerprint density at radius 3 is 1.41 bits per heavy atom. The third-order valence-corrected chi connectivity index (χ3v) is 3.34. The molecule has 0 aliphatic rings. The molecule has 2 aromatic rings. The molecule has 2 rings (SSSR count). The third-order valence-electron chi connectivity index (χ3n) is 3.34. The van der Waals surface area contributed by atoms with E-state index < -0.39 is 0 Å². The molecule has 0 amide bonds. The zero-order chi connectivity index (χ0) is 16.2. The summed E-state index contributed by atoms with van der Waals surface area (Å²) in [6, 6.07) is 15.2. The lowest BCUT2D eigenvalue weighted by molar-refractivity contribution is 0.647. The molecule has 4 nitrogen and oxygen atoms in total. The summed E-state index contributed by atoms with van der Waals surface area (Å²) in [6.07, 6.45) is 6.10. The number of anilines is 3. The lowest BCUT2D eigenvalue weighted by Crippen LogP contribution is -1.97. The predicted molar refractivity (Wildman–Crippen MR) is 97.3 cm³/mol. The molecule has 0 saturated heterocycles. The molecule has 0 heterocycles. The van der Waals surface area contributed by atoms with E-state index in [1.54, 1.807) is 24.3 Å². The summed E-state index contributed by atoms with van der Waals surface area (Å²) in [7, 11) is 0. The van der Waals surface area contributed by atoms with Gasteiger partial charge in [0.15, 0.2) is 0 Å². The maximum absolute atomic E-state index is 5.61. The van der Waals surface area contributed by atoms with Gasteiger partial charge in [-0.15, -0.1) is 0 Å². The first-order chi connectivity index (χ1) is 10.6. The Morgan fingerprint density at radius 2 is 0.955 bits per heavy atom. The van der Waals surface area contributed by atoms with Crippen molar-refractivity contribution in [3.63, 3.8) is 0 Å². The highest BCUT2D eigenvalue weighted by Gasteiger charge is 1.93. The van der Waals surface area contributed by atoms with Gasteiger partial charge in [-0.25, -0.2) is 0 Å². The topological polar surface area (TPSA) is 104 Å². The first kappa shape index (κ1) is 17.9. The van der Waals surface area contributed by atoms with Crippen molar-refractivity contribution in [2.45, 2.75) is 32.1 Å². The van der Waals surface area contributed by atoms with Crippen LogP contribution >= 0.6 is 0 Å². The molecule has 0 unspecified atom stereocenters. The van der Waals surface area contributed by atoms with Crippen LogP contribution in [0.25, 0.3) is 0 Å². The Balaban J connectivity index is 0.000000255. The second-order valence-electron chi connectivity index (χ2n) is 5.36. The highest BCUT2D eigenvalue weighted by molar-refractivity contribution is 5.47. The number of hydrogen-bond acceptors (Lipinski definition) is 4. The van der Waals surface area contributed by atoms with E-state index >= 15 is 0 Å². The van der Waals surface area contributed by atoms with Gasteiger partial charge in [-0.3, -0.25) is 0 Å². The van der Waals surface area contributed by atoms with Crippen molar-refractivity contribution in [3.8, 4) is 0 Å². The van der Waals surface area contributed by atoms with Crippen LogP contribution in [0.3, 0.4) is 0 Å². The zero-order valence-electron chi connectivity index (χ0n) is 13.2. The number of hydrogen-bond donors (Lipinski definition) is 4. The van der Waals surface area contributed by atoms with Gasteiger partial charge in [-0.1, -0.05) is 25.0 Å². The summed E-state index contributed by atoms with van der Waals surface area (Å²) >= 11 is 0. The summed E-state index contributed by atoms with van der Waals surface area (Å²) in [5, 5.41) is 0. The van der Waals surface area contributed by atoms with Gasteiger partial charge >= 0.3 is 0 Å². The fraction of sp³-hybridized carbons (Fsp3) is 0.333. The third kappa shape index (κ3) is 8.17. The number of unbranched alkanes of at least 4 members (excludes halogenated alkanes) is 3. The summed E-state index contributed by atoms with van der Waals surface area (Å²) in [5.41, 5.74) is 25.5. The monoisotopic (exact) mass is 300 g/mol. The van der Waals surface area contributed by atoms with Crippen molar-refractivity contribution >= 4 is 17.1 Å².